The Morgan fingerprint density at radius 2 is 0.931 bits per heavy atom. The van der Waals surface area contributed by atoms with E-state index >= 15 is 0 Å². The van der Waals surface area contributed by atoms with Crippen LogP contribution in [-0.2, 0) is 0 Å². The Kier molecular flexibility index (Phi) is 6.61. The summed E-state index contributed by atoms with van der Waals surface area (Å²) in [4.78, 5) is 5.14. The number of anilines is 2. The Labute approximate surface area is 178 Å². The van der Waals surface area contributed by atoms with E-state index in [1.807, 2.05) is 0 Å². The molecule has 3 rings (SSSR count). The summed E-state index contributed by atoms with van der Waals surface area (Å²) < 4.78 is 0. The molecule has 1 aliphatic heterocycles. The quantitative estimate of drug-likeness (QED) is 0.503. The van der Waals surface area contributed by atoms with Gasteiger partial charge in [0.1, 0.15) is 0 Å². The highest BCUT2D eigenvalue weighted by molar-refractivity contribution is 5.63. The standard InChI is InChI=1S/C27H40N2/c1-18(2)22-9-11-26(24(15-22)20(5)6)28-13-14-29(17-28)27-12-10-23(19(3)4)16-25(27)21(7)8/h9-12,15-16,18-21H,13-14,17H2,1-8H3. The van der Waals surface area contributed by atoms with Gasteiger partial charge in [0.05, 0.1) is 6.67 Å². The van der Waals surface area contributed by atoms with Crippen LogP contribution in [0.5, 0.6) is 0 Å². The molecule has 158 valence electrons. The van der Waals surface area contributed by atoms with E-state index in [9.17, 15) is 0 Å². The number of rotatable bonds is 6. The van der Waals surface area contributed by atoms with Crippen molar-refractivity contribution in [3.63, 3.8) is 0 Å². The van der Waals surface area contributed by atoms with Gasteiger partial charge < -0.3 is 9.80 Å². The summed E-state index contributed by atoms with van der Waals surface area (Å²) in [6.45, 7) is 21.6. The predicted molar refractivity (Wildman–Crippen MR) is 129 cm³/mol. The molecule has 2 aromatic rings. The average molecular weight is 393 g/mol. The molecule has 1 heterocycles. The first kappa shape index (κ1) is 21.7. The van der Waals surface area contributed by atoms with Crippen molar-refractivity contribution < 1.29 is 0 Å². The highest BCUT2D eigenvalue weighted by atomic mass is 15.4. The fraction of sp³-hybridized carbons (Fsp3) is 0.556. The molecule has 2 heteroatoms. The van der Waals surface area contributed by atoms with E-state index in [1.165, 1.54) is 33.6 Å². The van der Waals surface area contributed by atoms with Gasteiger partial charge in [-0.2, -0.15) is 0 Å². The zero-order valence-electron chi connectivity index (χ0n) is 19.8. The number of benzene rings is 2. The first-order valence-electron chi connectivity index (χ1n) is 11.5. The molecule has 2 nitrogen and oxygen atoms in total. The van der Waals surface area contributed by atoms with Gasteiger partial charge in [0.15, 0.2) is 0 Å². The lowest BCUT2D eigenvalue weighted by Gasteiger charge is -2.27. The van der Waals surface area contributed by atoms with Crippen molar-refractivity contribution in [1.29, 1.82) is 0 Å². The van der Waals surface area contributed by atoms with E-state index in [-0.39, 0.29) is 0 Å². The third-order valence-corrected chi connectivity index (χ3v) is 6.34. The molecule has 1 aliphatic rings. The lowest BCUT2D eigenvalue weighted by atomic mass is 9.93. The van der Waals surface area contributed by atoms with Crippen molar-refractivity contribution in [3.8, 4) is 0 Å². The van der Waals surface area contributed by atoms with E-state index in [4.69, 9.17) is 0 Å². The molecule has 1 fully saturated rings. The summed E-state index contributed by atoms with van der Waals surface area (Å²) >= 11 is 0. The van der Waals surface area contributed by atoms with Crippen LogP contribution in [0.15, 0.2) is 36.4 Å². The van der Waals surface area contributed by atoms with E-state index in [1.54, 1.807) is 0 Å². The van der Waals surface area contributed by atoms with Crippen LogP contribution in [-0.4, -0.2) is 19.8 Å². The smallest absolute Gasteiger partial charge is 0.0904 e. The molecule has 0 spiro atoms. The normalized spacial score (nSPS) is 14.9. The van der Waals surface area contributed by atoms with Crippen molar-refractivity contribution in [1.82, 2.24) is 0 Å². The second-order valence-corrected chi connectivity index (χ2v) is 9.92. The van der Waals surface area contributed by atoms with E-state index in [2.05, 4.69) is 102 Å². The molecular weight excluding hydrogens is 352 g/mol. The van der Waals surface area contributed by atoms with Gasteiger partial charge in [-0.1, -0.05) is 79.7 Å². The molecule has 2 aromatic carbocycles. The Morgan fingerprint density at radius 3 is 1.24 bits per heavy atom. The van der Waals surface area contributed by atoms with Crippen LogP contribution >= 0.6 is 0 Å². The molecule has 0 aromatic heterocycles. The fourth-order valence-electron chi connectivity index (χ4n) is 4.35. The maximum Gasteiger partial charge on any atom is 0.0904 e. The SMILES string of the molecule is CC(C)c1ccc(N2CCN(c3ccc(C(C)C)cc3C(C)C)C2)c(C(C)C)c1. The largest absolute Gasteiger partial charge is 0.352 e. The third-order valence-electron chi connectivity index (χ3n) is 6.34. The lowest BCUT2D eigenvalue weighted by Crippen LogP contribution is -2.26. The Hall–Kier alpha value is -1.96. The topological polar surface area (TPSA) is 6.48 Å². The van der Waals surface area contributed by atoms with Crippen LogP contribution in [0.3, 0.4) is 0 Å². The van der Waals surface area contributed by atoms with Gasteiger partial charge in [0, 0.05) is 24.5 Å². The molecule has 0 unspecified atom stereocenters. The van der Waals surface area contributed by atoms with Crippen LogP contribution < -0.4 is 9.80 Å². The molecule has 0 radical (unpaired) electrons. The minimum Gasteiger partial charge on any atom is -0.352 e. The summed E-state index contributed by atoms with van der Waals surface area (Å²) in [5.41, 5.74) is 8.68. The van der Waals surface area contributed by atoms with Gasteiger partial charge in [-0.05, 0) is 58.1 Å². The average Bonchev–Trinajstić information content (AvgIpc) is 3.16. The van der Waals surface area contributed by atoms with Crippen molar-refractivity contribution >= 4 is 11.4 Å². The van der Waals surface area contributed by atoms with Crippen LogP contribution in [0.1, 0.15) is 101 Å². The zero-order valence-corrected chi connectivity index (χ0v) is 19.8. The first-order valence-corrected chi connectivity index (χ1v) is 11.5. The molecule has 0 bridgehead atoms. The minimum absolute atomic E-state index is 0.536. The summed E-state index contributed by atoms with van der Waals surface area (Å²) in [7, 11) is 0. The van der Waals surface area contributed by atoms with Gasteiger partial charge in [-0.15, -0.1) is 0 Å². The second-order valence-electron chi connectivity index (χ2n) is 9.92. The molecule has 29 heavy (non-hydrogen) atoms. The van der Waals surface area contributed by atoms with E-state index < -0.39 is 0 Å². The number of nitrogens with zero attached hydrogens (tertiary/aromatic N) is 2. The summed E-state index contributed by atoms with van der Waals surface area (Å²) in [6, 6.07) is 14.2. The highest BCUT2D eigenvalue weighted by Crippen LogP contribution is 2.36. The summed E-state index contributed by atoms with van der Waals surface area (Å²) in [5, 5.41) is 0. The fourth-order valence-corrected chi connectivity index (χ4v) is 4.35. The lowest BCUT2D eigenvalue weighted by molar-refractivity contribution is 0.815. The van der Waals surface area contributed by atoms with Gasteiger partial charge >= 0.3 is 0 Å². The summed E-state index contributed by atoms with van der Waals surface area (Å²) in [6.07, 6.45) is 0. The molecule has 0 amide bonds. The highest BCUT2D eigenvalue weighted by Gasteiger charge is 2.25. The van der Waals surface area contributed by atoms with Crippen molar-refractivity contribution in [2.24, 2.45) is 0 Å². The van der Waals surface area contributed by atoms with Crippen LogP contribution in [0.2, 0.25) is 0 Å². The van der Waals surface area contributed by atoms with Crippen LogP contribution in [0.4, 0.5) is 11.4 Å². The Bertz CT molecular complexity index is 763. The van der Waals surface area contributed by atoms with Crippen LogP contribution in [0.25, 0.3) is 0 Å². The monoisotopic (exact) mass is 392 g/mol. The van der Waals surface area contributed by atoms with Gasteiger partial charge in [-0.25, -0.2) is 0 Å². The molecule has 0 N–H and O–H groups in total. The Balaban J connectivity index is 1.89. The van der Waals surface area contributed by atoms with Gasteiger partial charge in [0.2, 0.25) is 0 Å². The van der Waals surface area contributed by atoms with Crippen molar-refractivity contribution in [3.05, 3.63) is 58.7 Å². The second kappa shape index (κ2) is 8.81. The maximum absolute atomic E-state index is 2.57. The van der Waals surface area contributed by atoms with Crippen molar-refractivity contribution in [2.45, 2.75) is 79.1 Å². The van der Waals surface area contributed by atoms with E-state index in [0.29, 0.717) is 23.7 Å². The predicted octanol–water partition coefficient (Wildman–Crippen LogP) is 7.46. The molecule has 0 atom stereocenters. The van der Waals surface area contributed by atoms with E-state index in [0.717, 1.165) is 19.8 Å². The third kappa shape index (κ3) is 4.63. The van der Waals surface area contributed by atoms with Gasteiger partial charge in [-0.3, -0.25) is 0 Å². The molecule has 0 aliphatic carbocycles. The maximum atomic E-state index is 2.57. The first-order chi connectivity index (χ1) is 13.7. The Morgan fingerprint density at radius 1 is 0.552 bits per heavy atom. The van der Waals surface area contributed by atoms with Gasteiger partial charge in [0.25, 0.3) is 0 Å². The molecule has 1 saturated heterocycles. The molecular formula is C27H40N2. The van der Waals surface area contributed by atoms with Crippen LogP contribution in [0, 0.1) is 0 Å². The minimum atomic E-state index is 0.536. The summed E-state index contributed by atoms with van der Waals surface area (Å²) in [5.74, 6) is 2.22. The molecule has 0 saturated carbocycles. The van der Waals surface area contributed by atoms with Crippen molar-refractivity contribution in [2.75, 3.05) is 29.6 Å². The zero-order chi connectivity index (χ0) is 21.3. The number of hydrogen-bond donors (Lipinski definition) is 0. The number of hydrogen-bond acceptors (Lipinski definition) is 2.